The average Bonchev–Trinajstić information content (AvgIpc) is 2.37. The van der Waals surface area contributed by atoms with E-state index < -0.39 is 12.0 Å². The molecule has 0 spiro atoms. The van der Waals surface area contributed by atoms with Crippen LogP contribution in [0.4, 0.5) is 0 Å². The molecule has 0 unspecified atom stereocenters. The lowest BCUT2D eigenvalue weighted by Crippen LogP contribution is -2.40. The number of hydrogen-bond donors (Lipinski definition) is 3. The van der Waals surface area contributed by atoms with E-state index in [9.17, 15) is 9.59 Å². The Hall–Kier alpha value is -0.810. The normalized spacial score (nSPS) is 12.1. The number of carboxylic acid groups (broad SMARTS) is 1. The third-order valence-electron chi connectivity index (χ3n) is 2.87. The third-order valence-corrected chi connectivity index (χ3v) is 3.13. The standard InChI is InChI=1S/C13H25ClN2O3/c14-9-5-2-1-3-8-12(17)16-11(13(18)19)7-4-6-10-15/h11H,1-10,15H2,(H,16,17)(H,18,19)/t11-/m0/s1. The van der Waals surface area contributed by atoms with Gasteiger partial charge < -0.3 is 16.2 Å². The number of hydrogen-bond acceptors (Lipinski definition) is 3. The Bertz CT molecular complexity index is 262. The van der Waals surface area contributed by atoms with Crippen LogP contribution >= 0.6 is 11.6 Å². The molecule has 1 atom stereocenters. The number of carboxylic acids is 1. The van der Waals surface area contributed by atoms with Gasteiger partial charge in [-0.1, -0.05) is 12.8 Å². The average molecular weight is 293 g/mol. The topological polar surface area (TPSA) is 92.4 Å². The first-order chi connectivity index (χ1) is 9.11. The van der Waals surface area contributed by atoms with Crippen molar-refractivity contribution in [1.29, 1.82) is 0 Å². The Morgan fingerprint density at radius 3 is 2.37 bits per heavy atom. The van der Waals surface area contributed by atoms with Crippen LogP contribution in [0.2, 0.25) is 0 Å². The van der Waals surface area contributed by atoms with E-state index in [0.29, 0.717) is 31.7 Å². The van der Waals surface area contributed by atoms with E-state index in [2.05, 4.69) is 5.32 Å². The maximum absolute atomic E-state index is 11.6. The minimum absolute atomic E-state index is 0.189. The van der Waals surface area contributed by atoms with Crippen molar-refractivity contribution in [1.82, 2.24) is 5.32 Å². The van der Waals surface area contributed by atoms with Crippen LogP contribution in [0.15, 0.2) is 0 Å². The third kappa shape index (κ3) is 10.8. The van der Waals surface area contributed by atoms with Gasteiger partial charge in [-0.3, -0.25) is 4.79 Å². The molecule has 0 saturated carbocycles. The van der Waals surface area contributed by atoms with Crippen molar-refractivity contribution in [2.45, 2.75) is 57.4 Å². The zero-order valence-corrected chi connectivity index (χ0v) is 12.1. The number of halogens is 1. The molecular formula is C13H25ClN2O3. The van der Waals surface area contributed by atoms with Crippen LogP contribution in [0.1, 0.15) is 51.4 Å². The summed E-state index contributed by atoms with van der Waals surface area (Å²) in [5.74, 6) is -0.521. The summed E-state index contributed by atoms with van der Waals surface area (Å²) in [7, 11) is 0. The predicted molar refractivity (Wildman–Crippen MR) is 76.3 cm³/mol. The number of rotatable bonds is 12. The number of unbranched alkanes of at least 4 members (excludes halogenated alkanes) is 4. The lowest BCUT2D eigenvalue weighted by atomic mass is 10.1. The molecule has 0 fully saturated rings. The fourth-order valence-corrected chi connectivity index (χ4v) is 1.94. The van der Waals surface area contributed by atoms with Gasteiger partial charge in [-0.2, -0.15) is 0 Å². The molecule has 0 aliphatic heterocycles. The van der Waals surface area contributed by atoms with E-state index in [1.165, 1.54) is 0 Å². The fraction of sp³-hybridized carbons (Fsp3) is 0.846. The van der Waals surface area contributed by atoms with E-state index in [0.717, 1.165) is 32.1 Å². The van der Waals surface area contributed by atoms with Crippen LogP contribution in [-0.2, 0) is 9.59 Å². The van der Waals surface area contributed by atoms with Crippen LogP contribution < -0.4 is 11.1 Å². The SMILES string of the molecule is NCCCC[C@H](NC(=O)CCCCCCCl)C(=O)O. The molecule has 0 heterocycles. The largest absolute Gasteiger partial charge is 0.480 e. The number of nitrogens with one attached hydrogen (secondary N) is 1. The molecule has 5 nitrogen and oxygen atoms in total. The Morgan fingerprint density at radius 1 is 1.11 bits per heavy atom. The Kier molecular flexibility index (Phi) is 11.7. The van der Waals surface area contributed by atoms with Gasteiger partial charge in [0.25, 0.3) is 0 Å². The second-order valence-electron chi connectivity index (χ2n) is 4.60. The van der Waals surface area contributed by atoms with Crippen molar-refractivity contribution in [3.8, 4) is 0 Å². The zero-order valence-electron chi connectivity index (χ0n) is 11.4. The van der Waals surface area contributed by atoms with Crippen molar-refractivity contribution < 1.29 is 14.7 Å². The summed E-state index contributed by atoms with van der Waals surface area (Å²) < 4.78 is 0. The summed E-state index contributed by atoms with van der Waals surface area (Å²) in [6, 6.07) is -0.790. The van der Waals surface area contributed by atoms with Gasteiger partial charge in [-0.05, 0) is 38.6 Å². The smallest absolute Gasteiger partial charge is 0.326 e. The summed E-state index contributed by atoms with van der Waals surface area (Å²) in [5.41, 5.74) is 5.35. The summed E-state index contributed by atoms with van der Waals surface area (Å²) in [6.07, 6.45) is 5.99. The van der Waals surface area contributed by atoms with Gasteiger partial charge in [0.1, 0.15) is 6.04 Å². The van der Waals surface area contributed by atoms with Gasteiger partial charge in [0, 0.05) is 12.3 Å². The molecule has 6 heteroatoms. The van der Waals surface area contributed by atoms with Crippen molar-refractivity contribution in [2.75, 3.05) is 12.4 Å². The van der Waals surface area contributed by atoms with Gasteiger partial charge >= 0.3 is 5.97 Å². The molecule has 0 aromatic carbocycles. The minimum atomic E-state index is -0.979. The van der Waals surface area contributed by atoms with Crippen LogP contribution in [-0.4, -0.2) is 35.4 Å². The molecule has 0 radical (unpaired) electrons. The Balaban J connectivity index is 3.80. The van der Waals surface area contributed by atoms with Crippen molar-refractivity contribution in [3.05, 3.63) is 0 Å². The highest BCUT2D eigenvalue weighted by molar-refractivity contribution is 6.17. The van der Waals surface area contributed by atoms with Gasteiger partial charge in [-0.15, -0.1) is 11.6 Å². The molecule has 4 N–H and O–H groups in total. The van der Waals surface area contributed by atoms with E-state index in [4.69, 9.17) is 22.4 Å². The molecule has 0 rings (SSSR count). The first kappa shape index (κ1) is 18.2. The molecule has 1 amide bonds. The summed E-state index contributed by atoms with van der Waals surface area (Å²) >= 11 is 5.55. The highest BCUT2D eigenvalue weighted by atomic mass is 35.5. The molecule has 0 saturated heterocycles. The lowest BCUT2D eigenvalue weighted by Gasteiger charge is -2.14. The fourth-order valence-electron chi connectivity index (χ4n) is 1.75. The number of alkyl halides is 1. The van der Waals surface area contributed by atoms with Crippen LogP contribution in [0.5, 0.6) is 0 Å². The molecule has 0 aromatic heterocycles. The van der Waals surface area contributed by atoms with Crippen LogP contribution in [0, 0.1) is 0 Å². The van der Waals surface area contributed by atoms with Gasteiger partial charge in [0.2, 0.25) is 5.91 Å². The maximum Gasteiger partial charge on any atom is 0.326 e. The Morgan fingerprint density at radius 2 is 1.79 bits per heavy atom. The predicted octanol–water partition coefficient (Wildman–Crippen LogP) is 1.87. The molecule has 0 aliphatic carbocycles. The number of carbonyl (C=O) groups excluding carboxylic acids is 1. The second kappa shape index (κ2) is 12.2. The first-order valence-electron chi connectivity index (χ1n) is 6.90. The van der Waals surface area contributed by atoms with E-state index in [1.807, 2.05) is 0 Å². The van der Waals surface area contributed by atoms with Gasteiger partial charge in [-0.25, -0.2) is 4.79 Å². The van der Waals surface area contributed by atoms with Gasteiger partial charge in [0.05, 0.1) is 0 Å². The molecular weight excluding hydrogens is 268 g/mol. The van der Waals surface area contributed by atoms with E-state index >= 15 is 0 Å². The maximum atomic E-state index is 11.6. The van der Waals surface area contributed by atoms with E-state index in [-0.39, 0.29) is 5.91 Å². The molecule has 0 bridgehead atoms. The highest BCUT2D eigenvalue weighted by Crippen LogP contribution is 2.05. The zero-order chi connectivity index (χ0) is 14.5. The summed E-state index contributed by atoms with van der Waals surface area (Å²) in [4.78, 5) is 22.6. The highest BCUT2D eigenvalue weighted by Gasteiger charge is 2.18. The number of aliphatic carboxylic acids is 1. The van der Waals surface area contributed by atoms with E-state index in [1.54, 1.807) is 0 Å². The minimum Gasteiger partial charge on any atom is -0.480 e. The van der Waals surface area contributed by atoms with Crippen LogP contribution in [0.3, 0.4) is 0 Å². The quantitative estimate of drug-likeness (QED) is 0.378. The first-order valence-corrected chi connectivity index (χ1v) is 7.43. The molecule has 0 aliphatic rings. The van der Waals surface area contributed by atoms with Crippen LogP contribution in [0.25, 0.3) is 0 Å². The lowest BCUT2D eigenvalue weighted by molar-refractivity contribution is -0.142. The molecule has 19 heavy (non-hydrogen) atoms. The number of amides is 1. The molecule has 112 valence electrons. The Labute approximate surface area is 119 Å². The second-order valence-corrected chi connectivity index (χ2v) is 4.97. The van der Waals surface area contributed by atoms with Crippen molar-refractivity contribution >= 4 is 23.5 Å². The van der Waals surface area contributed by atoms with Crippen molar-refractivity contribution in [3.63, 3.8) is 0 Å². The number of nitrogens with two attached hydrogens (primary N) is 1. The van der Waals surface area contributed by atoms with Crippen molar-refractivity contribution in [2.24, 2.45) is 5.73 Å². The molecule has 0 aromatic rings. The monoisotopic (exact) mass is 292 g/mol. The summed E-state index contributed by atoms with van der Waals surface area (Å²) in [6.45, 7) is 0.543. The van der Waals surface area contributed by atoms with Gasteiger partial charge in [0.15, 0.2) is 0 Å². The number of carbonyl (C=O) groups is 2. The summed E-state index contributed by atoms with van der Waals surface area (Å²) in [5, 5.41) is 11.6.